The lowest BCUT2D eigenvalue weighted by atomic mass is 10.1. The summed E-state index contributed by atoms with van der Waals surface area (Å²) >= 11 is 0. The van der Waals surface area contributed by atoms with E-state index in [-0.39, 0.29) is 10.8 Å². The van der Waals surface area contributed by atoms with Crippen molar-refractivity contribution in [2.24, 2.45) is 0 Å². The molecule has 1 N–H and O–H groups in total. The maximum atomic E-state index is 13.1. The molecule has 0 bridgehead atoms. The molecule has 1 aliphatic heterocycles. The molecule has 1 amide bonds. The number of sulfonamides is 1. The second-order valence-electron chi connectivity index (χ2n) is 7.63. The molecule has 2 heterocycles. The summed E-state index contributed by atoms with van der Waals surface area (Å²) in [6.07, 6.45) is 3.84. The number of para-hydroxylation sites is 1. The third-order valence-corrected chi connectivity index (χ3v) is 7.29. The highest BCUT2D eigenvalue weighted by Crippen LogP contribution is 2.25. The number of hydrogen-bond acceptors (Lipinski definition) is 4. The summed E-state index contributed by atoms with van der Waals surface area (Å²) in [5, 5.41) is 3.76. The van der Waals surface area contributed by atoms with Gasteiger partial charge in [-0.25, -0.2) is 8.42 Å². The Kier molecular flexibility index (Phi) is 5.83. The highest BCUT2D eigenvalue weighted by molar-refractivity contribution is 7.89. The molecule has 2 aromatic carbocycles. The number of aromatic nitrogens is 1. The van der Waals surface area contributed by atoms with Crippen LogP contribution in [-0.4, -0.2) is 36.7 Å². The number of anilines is 1. The summed E-state index contributed by atoms with van der Waals surface area (Å²) < 4.78 is 27.7. The van der Waals surface area contributed by atoms with Crippen LogP contribution < -0.4 is 5.32 Å². The molecule has 7 heteroatoms. The number of rotatable bonds is 4. The van der Waals surface area contributed by atoms with E-state index in [1.54, 1.807) is 18.2 Å². The number of carbonyl (C=O) groups is 1. The zero-order valence-electron chi connectivity index (χ0n) is 17.0. The Hall–Kier alpha value is -2.77. The van der Waals surface area contributed by atoms with Crippen LogP contribution in [0.15, 0.2) is 59.5 Å². The fourth-order valence-corrected chi connectivity index (χ4v) is 5.40. The van der Waals surface area contributed by atoms with E-state index < -0.39 is 10.0 Å². The molecule has 156 valence electrons. The topological polar surface area (TPSA) is 79.4 Å². The van der Waals surface area contributed by atoms with Crippen molar-refractivity contribution >= 4 is 32.5 Å². The van der Waals surface area contributed by atoms with E-state index in [1.165, 1.54) is 10.4 Å². The van der Waals surface area contributed by atoms with Crippen molar-refractivity contribution in [1.82, 2.24) is 9.29 Å². The van der Waals surface area contributed by atoms with Crippen molar-refractivity contribution in [3.05, 3.63) is 65.9 Å². The molecule has 3 aromatic rings. The summed E-state index contributed by atoms with van der Waals surface area (Å²) in [6.45, 7) is 2.93. The zero-order valence-corrected chi connectivity index (χ0v) is 17.8. The van der Waals surface area contributed by atoms with Gasteiger partial charge in [-0.05, 0) is 50.1 Å². The largest absolute Gasteiger partial charge is 0.321 e. The second-order valence-corrected chi connectivity index (χ2v) is 9.57. The van der Waals surface area contributed by atoms with Crippen LogP contribution in [0.4, 0.5) is 5.69 Å². The zero-order chi connectivity index (χ0) is 21.1. The summed E-state index contributed by atoms with van der Waals surface area (Å²) in [5.74, 6) is -0.348. The van der Waals surface area contributed by atoms with Gasteiger partial charge in [-0.3, -0.25) is 9.78 Å². The van der Waals surface area contributed by atoms with Crippen LogP contribution in [0.3, 0.4) is 0 Å². The first-order chi connectivity index (χ1) is 14.4. The lowest BCUT2D eigenvalue weighted by molar-refractivity contribution is 0.102. The van der Waals surface area contributed by atoms with Gasteiger partial charge in [-0.2, -0.15) is 4.31 Å². The minimum atomic E-state index is -3.61. The fourth-order valence-electron chi connectivity index (χ4n) is 3.83. The maximum Gasteiger partial charge on any atom is 0.255 e. The van der Waals surface area contributed by atoms with Gasteiger partial charge >= 0.3 is 0 Å². The molecular formula is C23H25N3O3S. The van der Waals surface area contributed by atoms with E-state index in [0.29, 0.717) is 24.3 Å². The van der Waals surface area contributed by atoms with Crippen molar-refractivity contribution in [3.63, 3.8) is 0 Å². The molecule has 0 spiro atoms. The number of nitrogens with one attached hydrogen (secondary N) is 1. The van der Waals surface area contributed by atoms with E-state index in [2.05, 4.69) is 10.3 Å². The van der Waals surface area contributed by atoms with Gasteiger partial charge in [0.1, 0.15) is 0 Å². The molecule has 30 heavy (non-hydrogen) atoms. The van der Waals surface area contributed by atoms with Gasteiger partial charge in [-0.15, -0.1) is 0 Å². The number of benzene rings is 2. The lowest BCUT2D eigenvalue weighted by Gasteiger charge is -2.20. The minimum absolute atomic E-state index is 0.160. The third-order valence-electron chi connectivity index (χ3n) is 5.39. The summed E-state index contributed by atoms with van der Waals surface area (Å²) in [5.41, 5.74) is 2.56. The summed E-state index contributed by atoms with van der Waals surface area (Å²) in [6, 6.07) is 15.7. The van der Waals surface area contributed by atoms with Crippen LogP contribution >= 0.6 is 0 Å². The van der Waals surface area contributed by atoms with Crippen LogP contribution in [0, 0.1) is 6.92 Å². The Morgan fingerprint density at radius 2 is 1.70 bits per heavy atom. The number of aryl methyl sites for hydroxylation is 1. The van der Waals surface area contributed by atoms with E-state index in [1.807, 2.05) is 37.3 Å². The summed E-state index contributed by atoms with van der Waals surface area (Å²) in [4.78, 5) is 17.6. The predicted octanol–water partition coefficient (Wildman–Crippen LogP) is 4.36. The van der Waals surface area contributed by atoms with Crippen LogP contribution in [0.5, 0.6) is 0 Å². The Bertz CT molecular complexity index is 1180. The van der Waals surface area contributed by atoms with Crippen LogP contribution in [-0.2, 0) is 10.0 Å². The monoisotopic (exact) mass is 423 g/mol. The number of hydrogen-bond donors (Lipinski definition) is 1. The number of nitrogens with zero attached hydrogens (tertiary/aromatic N) is 2. The van der Waals surface area contributed by atoms with Gasteiger partial charge in [0.25, 0.3) is 5.91 Å². The van der Waals surface area contributed by atoms with E-state index in [4.69, 9.17) is 0 Å². The van der Waals surface area contributed by atoms with Crippen molar-refractivity contribution in [2.45, 2.75) is 37.5 Å². The van der Waals surface area contributed by atoms with Gasteiger partial charge in [-0.1, -0.05) is 37.1 Å². The highest BCUT2D eigenvalue weighted by Gasteiger charge is 2.25. The Balaban J connectivity index is 1.62. The molecular weight excluding hydrogens is 398 g/mol. The Labute approximate surface area is 177 Å². The fraction of sp³-hybridized carbons (Fsp3) is 0.304. The highest BCUT2D eigenvalue weighted by atomic mass is 32.2. The van der Waals surface area contributed by atoms with Crippen LogP contribution in [0.25, 0.3) is 10.9 Å². The van der Waals surface area contributed by atoms with Gasteiger partial charge < -0.3 is 5.32 Å². The molecule has 1 aromatic heterocycles. The molecule has 0 atom stereocenters. The lowest BCUT2D eigenvalue weighted by Crippen LogP contribution is -2.32. The molecule has 1 fully saturated rings. The smallest absolute Gasteiger partial charge is 0.255 e. The molecule has 0 radical (unpaired) electrons. The third kappa shape index (κ3) is 4.22. The number of carbonyl (C=O) groups excluding carboxylic acids is 1. The van der Waals surface area contributed by atoms with Gasteiger partial charge in [0, 0.05) is 29.7 Å². The van der Waals surface area contributed by atoms with Crippen molar-refractivity contribution < 1.29 is 13.2 Å². The average Bonchev–Trinajstić information content (AvgIpc) is 3.04. The number of amides is 1. The van der Waals surface area contributed by atoms with E-state index in [0.717, 1.165) is 42.3 Å². The van der Waals surface area contributed by atoms with E-state index >= 15 is 0 Å². The predicted molar refractivity (Wildman–Crippen MR) is 118 cm³/mol. The number of pyridine rings is 1. The van der Waals surface area contributed by atoms with Gasteiger partial charge in [0.2, 0.25) is 10.0 Å². The van der Waals surface area contributed by atoms with Crippen LogP contribution in [0.1, 0.15) is 41.7 Å². The first-order valence-corrected chi connectivity index (χ1v) is 11.7. The molecule has 0 saturated carbocycles. The average molecular weight is 424 g/mol. The Morgan fingerprint density at radius 3 is 2.47 bits per heavy atom. The van der Waals surface area contributed by atoms with Crippen LogP contribution in [0.2, 0.25) is 0 Å². The number of fused-ring (bicyclic) bond motifs is 1. The SMILES string of the molecule is Cc1cc(NC(=O)c2cccc(S(=O)(=O)N3CCCCCC3)c2)c2ccccc2n1. The van der Waals surface area contributed by atoms with Crippen molar-refractivity contribution in [2.75, 3.05) is 18.4 Å². The molecule has 1 aliphatic rings. The molecule has 0 aliphatic carbocycles. The van der Waals surface area contributed by atoms with Gasteiger partial charge in [0.15, 0.2) is 0 Å². The Morgan fingerprint density at radius 1 is 0.967 bits per heavy atom. The normalized spacial score (nSPS) is 15.6. The first-order valence-electron chi connectivity index (χ1n) is 10.2. The molecule has 1 saturated heterocycles. The quantitative estimate of drug-likeness (QED) is 0.676. The maximum absolute atomic E-state index is 13.1. The van der Waals surface area contributed by atoms with Crippen molar-refractivity contribution in [3.8, 4) is 0 Å². The molecule has 0 unspecified atom stereocenters. The van der Waals surface area contributed by atoms with E-state index in [9.17, 15) is 13.2 Å². The first kappa shape index (κ1) is 20.5. The molecule has 4 rings (SSSR count). The van der Waals surface area contributed by atoms with Crippen molar-refractivity contribution in [1.29, 1.82) is 0 Å². The summed E-state index contributed by atoms with van der Waals surface area (Å²) in [7, 11) is -3.61. The van der Waals surface area contributed by atoms with Gasteiger partial charge in [0.05, 0.1) is 16.1 Å². The second kappa shape index (κ2) is 8.53. The standard InChI is InChI=1S/C23H25N3O3S/c1-17-15-22(20-11-4-5-12-21(20)24-17)25-23(27)18-9-8-10-19(16-18)30(28,29)26-13-6-2-3-7-14-26/h4-5,8-12,15-16H,2-3,6-7,13-14H2,1H3,(H,24,25,27). The molecule has 6 nitrogen and oxygen atoms in total. The minimum Gasteiger partial charge on any atom is -0.321 e.